The normalized spacial score (nSPS) is 18.7. The highest BCUT2D eigenvalue weighted by Gasteiger charge is 2.34. The van der Waals surface area contributed by atoms with Crippen LogP contribution in [0.15, 0.2) is 17.2 Å². The van der Waals surface area contributed by atoms with E-state index >= 15 is 0 Å². The lowest BCUT2D eigenvalue weighted by Crippen LogP contribution is -2.42. The standard InChI is InChI=1S/C12H19ClN4O2S.ClH/c1-2-5-17(10-3-4-15-8-10)20(18,19)11-6-9(13)7-16-12(11)14;/h6-7,10,15H,2-5,8H2,1H3,(H2,14,16);1H. The van der Waals surface area contributed by atoms with Crippen LogP contribution in [0.3, 0.4) is 0 Å². The first-order valence-electron chi connectivity index (χ1n) is 6.60. The zero-order chi connectivity index (χ0) is 14.8. The SMILES string of the molecule is CCCN(C1CCNC1)S(=O)(=O)c1cc(Cl)cnc1N.Cl. The van der Waals surface area contributed by atoms with E-state index in [9.17, 15) is 8.42 Å². The summed E-state index contributed by atoms with van der Waals surface area (Å²) in [5.41, 5.74) is 5.72. The maximum atomic E-state index is 12.8. The smallest absolute Gasteiger partial charge is 0.247 e. The number of hydrogen-bond acceptors (Lipinski definition) is 5. The molecule has 1 fully saturated rings. The van der Waals surface area contributed by atoms with Crippen LogP contribution >= 0.6 is 24.0 Å². The number of rotatable bonds is 5. The monoisotopic (exact) mass is 354 g/mol. The van der Waals surface area contributed by atoms with Crippen molar-refractivity contribution in [2.24, 2.45) is 0 Å². The predicted molar refractivity (Wildman–Crippen MR) is 86.4 cm³/mol. The van der Waals surface area contributed by atoms with E-state index in [0.29, 0.717) is 13.1 Å². The molecular formula is C12H20Cl2N4O2S. The molecule has 1 aliphatic heterocycles. The zero-order valence-corrected chi connectivity index (χ0v) is 14.1. The molecule has 1 atom stereocenters. The van der Waals surface area contributed by atoms with Gasteiger partial charge in [-0.3, -0.25) is 0 Å². The minimum atomic E-state index is -3.68. The average molecular weight is 355 g/mol. The van der Waals surface area contributed by atoms with Gasteiger partial charge in [-0.15, -0.1) is 12.4 Å². The van der Waals surface area contributed by atoms with Crippen LogP contribution < -0.4 is 11.1 Å². The van der Waals surface area contributed by atoms with Gasteiger partial charge in [0.25, 0.3) is 0 Å². The number of nitrogens with two attached hydrogens (primary N) is 1. The Hall–Kier alpha value is -0.600. The van der Waals surface area contributed by atoms with Gasteiger partial charge in [-0.2, -0.15) is 4.31 Å². The summed E-state index contributed by atoms with van der Waals surface area (Å²) in [6.07, 6.45) is 2.88. The molecule has 1 aromatic rings. The minimum Gasteiger partial charge on any atom is -0.383 e. The Bertz CT molecular complexity index is 577. The summed E-state index contributed by atoms with van der Waals surface area (Å²) < 4.78 is 27.1. The maximum Gasteiger partial charge on any atom is 0.247 e. The highest BCUT2D eigenvalue weighted by molar-refractivity contribution is 7.89. The summed E-state index contributed by atoms with van der Waals surface area (Å²) >= 11 is 5.85. The van der Waals surface area contributed by atoms with Gasteiger partial charge >= 0.3 is 0 Å². The molecule has 0 aliphatic carbocycles. The molecule has 2 heterocycles. The lowest BCUT2D eigenvalue weighted by atomic mass is 10.2. The van der Waals surface area contributed by atoms with Gasteiger partial charge in [0.1, 0.15) is 10.7 Å². The molecule has 0 aromatic carbocycles. The van der Waals surface area contributed by atoms with Crippen molar-refractivity contribution in [1.29, 1.82) is 0 Å². The van der Waals surface area contributed by atoms with Gasteiger partial charge in [-0.1, -0.05) is 18.5 Å². The fraction of sp³-hybridized carbons (Fsp3) is 0.583. The molecule has 6 nitrogen and oxygen atoms in total. The van der Waals surface area contributed by atoms with Crippen LogP contribution in [-0.4, -0.2) is 43.4 Å². The molecule has 1 saturated heterocycles. The largest absolute Gasteiger partial charge is 0.383 e. The van der Waals surface area contributed by atoms with E-state index in [0.717, 1.165) is 19.4 Å². The van der Waals surface area contributed by atoms with Gasteiger partial charge in [0.05, 0.1) is 5.02 Å². The van der Waals surface area contributed by atoms with E-state index in [1.54, 1.807) is 0 Å². The van der Waals surface area contributed by atoms with Gasteiger partial charge in [0.15, 0.2) is 0 Å². The van der Waals surface area contributed by atoms with Crippen LogP contribution in [0.25, 0.3) is 0 Å². The summed E-state index contributed by atoms with van der Waals surface area (Å²) in [5, 5.41) is 3.44. The van der Waals surface area contributed by atoms with Crippen molar-refractivity contribution < 1.29 is 8.42 Å². The summed E-state index contributed by atoms with van der Waals surface area (Å²) in [5.74, 6) is -0.0125. The molecule has 3 N–H and O–H groups in total. The van der Waals surface area contributed by atoms with Crippen molar-refractivity contribution >= 4 is 39.8 Å². The molecule has 1 aliphatic rings. The van der Waals surface area contributed by atoms with Gasteiger partial charge < -0.3 is 11.1 Å². The number of nitrogens with zero attached hydrogens (tertiary/aromatic N) is 2. The van der Waals surface area contributed by atoms with Crippen LogP contribution in [0.4, 0.5) is 5.82 Å². The fourth-order valence-corrected chi connectivity index (χ4v) is 4.43. The average Bonchev–Trinajstić information content (AvgIpc) is 2.92. The van der Waals surface area contributed by atoms with Crippen molar-refractivity contribution in [3.8, 4) is 0 Å². The van der Waals surface area contributed by atoms with Crippen molar-refractivity contribution in [2.45, 2.75) is 30.7 Å². The van der Waals surface area contributed by atoms with Crippen LogP contribution in [0.1, 0.15) is 19.8 Å². The summed E-state index contributed by atoms with van der Waals surface area (Å²) in [7, 11) is -3.68. The second kappa shape index (κ2) is 7.60. The number of sulfonamides is 1. The fourth-order valence-electron chi connectivity index (χ4n) is 2.37. The second-order valence-corrected chi connectivity index (χ2v) is 7.09. The number of hydrogen-bond donors (Lipinski definition) is 2. The molecule has 0 saturated carbocycles. The number of nitrogens with one attached hydrogen (secondary N) is 1. The minimum absolute atomic E-state index is 0. The van der Waals surface area contributed by atoms with Gasteiger partial charge in [-0.05, 0) is 25.5 Å². The molecule has 2 rings (SSSR count). The Labute approximate surface area is 136 Å². The van der Waals surface area contributed by atoms with Crippen LogP contribution in [0.5, 0.6) is 0 Å². The highest BCUT2D eigenvalue weighted by atomic mass is 35.5. The second-order valence-electron chi connectivity index (χ2n) is 4.80. The number of nitrogen functional groups attached to an aromatic ring is 1. The third kappa shape index (κ3) is 3.98. The molecule has 120 valence electrons. The Morgan fingerprint density at radius 1 is 1.57 bits per heavy atom. The van der Waals surface area contributed by atoms with E-state index in [4.69, 9.17) is 17.3 Å². The van der Waals surface area contributed by atoms with E-state index < -0.39 is 10.0 Å². The summed E-state index contributed by atoms with van der Waals surface area (Å²) in [6, 6.07) is 1.32. The molecule has 1 aromatic heterocycles. The Kier molecular flexibility index (Phi) is 6.68. The first-order valence-corrected chi connectivity index (χ1v) is 8.42. The van der Waals surface area contributed by atoms with Crippen molar-refractivity contribution in [3.63, 3.8) is 0 Å². The Balaban J connectivity index is 0.00000220. The van der Waals surface area contributed by atoms with Gasteiger partial charge in [-0.25, -0.2) is 13.4 Å². The summed E-state index contributed by atoms with van der Waals surface area (Å²) in [4.78, 5) is 3.83. The van der Waals surface area contributed by atoms with E-state index in [1.165, 1.54) is 16.6 Å². The van der Waals surface area contributed by atoms with Crippen LogP contribution in [0, 0.1) is 0 Å². The van der Waals surface area contributed by atoms with Gasteiger partial charge in [0, 0.05) is 25.3 Å². The lowest BCUT2D eigenvalue weighted by Gasteiger charge is -2.27. The van der Waals surface area contributed by atoms with Crippen molar-refractivity contribution in [3.05, 3.63) is 17.3 Å². The molecule has 9 heteroatoms. The van der Waals surface area contributed by atoms with Crippen LogP contribution in [0.2, 0.25) is 5.02 Å². The zero-order valence-electron chi connectivity index (χ0n) is 11.8. The molecule has 0 bridgehead atoms. The number of halogens is 2. The van der Waals surface area contributed by atoms with E-state index in [1.807, 2.05) is 6.92 Å². The van der Waals surface area contributed by atoms with E-state index in [2.05, 4.69) is 10.3 Å². The van der Waals surface area contributed by atoms with E-state index in [-0.39, 0.29) is 34.2 Å². The molecule has 0 spiro atoms. The van der Waals surface area contributed by atoms with Crippen molar-refractivity contribution in [1.82, 2.24) is 14.6 Å². The first-order chi connectivity index (χ1) is 9.46. The third-order valence-corrected chi connectivity index (χ3v) is 5.51. The Morgan fingerprint density at radius 3 is 2.86 bits per heavy atom. The number of anilines is 1. The molecule has 0 amide bonds. The third-order valence-electron chi connectivity index (χ3n) is 3.32. The maximum absolute atomic E-state index is 12.8. The van der Waals surface area contributed by atoms with Crippen LogP contribution in [-0.2, 0) is 10.0 Å². The quantitative estimate of drug-likeness (QED) is 0.836. The number of pyridine rings is 1. The van der Waals surface area contributed by atoms with Crippen molar-refractivity contribution in [2.75, 3.05) is 25.4 Å². The topological polar surface area (TPSA) is 88.3 Å². The first kappa shape index (κ1) is 18.4. The number of aromatic nitrogens is 1. The molecular weight excluding hydrogens is 335 g/mol. The molecule has 1 unspecified atom stereocenters. The summed E-state index contributed by atoms with van der Waals surface area (Å²) in [6.45, 7) is 3.89. The molecule has 21 heavy (non-hydrogen) atoms. The highest BCUT2D eigenvalue weighted by Crippen LogP contribution is 2.26. The van der Waals surface area contributed by atoms with Gasteiger partial charge in [0.2, 0.25) is 10.0 Å². The lowest BCUT2D eigenvalue weighted by molar-refractivity contribution is 0.335. The predicted octanol–water partition coefficient (Wildman–Crippen LogP) is 1.50. The Morgan fingerprint density at radius 2 is 2.29 bits per heavy atom. The molecule has 0 radical (unpaired) electrons.